The number of halogens is 1. The van der Waals surface area contributed by atoms with Crippen LogP contribution in [0, 0.1) is 0 Å². The van der Waals surface area contributed by atoms with Crippen LogP contribution in [-0.2, 0) is 22.6 Å². The number of ether oxygens (including phenoxy) is 2. The van der Waals surface area contributed by atoms with E-state index in [1.807, 2.05) is 30.3 Å². The molecule has 0 unspecified atom stereocenters. The molecule has 0 fully saturated rings. The second kappa shape index (κ2) is 11.0. The molecule has 0 spiro atoms. The highest BCUT2D eigenvalue weighted by Crippen LogP contribution is 2.32. The van der Waals surface area contributed by atoms with Crippen LogP contribution in [0.2, 0.25) is 5.02 Å². The van der Waals surface area contributed by atoms with Crippen LogP contribution < -0.4 is 14.8 Å². The van der Waals surface area contributed by atoms with E-state index in [2.05, 4.69) is 12.2 Å². The van der Waals surface area contributed by atoms with Gasteiger partial charge in [-0.2, -0.15) is 0 Å². The molecule has 1 atom stereocenters. The molecule has 6 nitrogen and oxygen atoms in total. The molecule has 0 radical (unpaired) electrons. The predicted octanol–water partition coefficient (Wildman–Crippen LogP) is 4.33. The Hall–Kier alpha value is -2.73. The van der Waals surface area contributed by atoms with Crippen molar-refractivity contribution in [1.29, 1.82) is 0 Å². The number of hydrogen-bond acceptors (Lipinski definition) is 4. The lowest BCUT2D eigenvalue weighted by Gasteiger charge is -2.29. The summed E-state index contributed by atoms with van der Waals surface area (Å²) in [7, 11) is 0. The van der Waals surface area contributed by atoms with Gasteiger partial charge in [0.05, 0.1) is 0 Å². The van der Waals surface area contributed by atoms with Gasteiger partial charge in [0.25, 0.3) is 0 Å². The van der Waals surface area contributed by atoms with Crippen molar-refractivity contribution in [3.8, 4) is 11.5 Å². The first kappa shape index (κ1) is 22.9. The smallest absolute Gasteiger partial charge is 0.242 e. The fourth-order valence-corrected chi connectivity index (χ4v) is 3.52. The molecular formula is C24H29ClN2O4. The SMILES string of the molecule is CCCCNC(=O)[C@H](C)N(Cc1ccc(Cl)cc1)C(=O)CCc1ccc2c(c1)OCO2. The number of rotatable bonds is 10. The van der Waals surface area contributed by atoms with Crippen LogP contribution in [0.3, 0.4) is 0 Å². The molecule has 166 valence electrons. The lowest BCUT2D eigenvalue weighted by molar-refractivity contribution is -0.140. The van der Waals surface area contributed by atoms with Crippen LogP contribution in [0.4, 0.5) is 0 Å². The fourth-order valence-electron chi connectivity index (χ4n) is 3.40. The Balaban J connectivity index is 1.68. The Morgan fingerprint density at radius 2 is 1.81 bits per heavy atom. The molecule has 1 aliphatic rings. The van der Waals surface area contributed by atoms with E-state index in [-0.39, 0.29) is 18.6 Å². The molecule has 2 aromatic carbocycles. The predicted molar refractivity (Wildman–Crippen MR) is 120 cm³/mol. The summed E-state index contributed by atoms with van der Waals surface area (Å²) in [4.78, 5) is 27.5. The molecule has 0 bridgehead atoms. The zero-order chi connectivity index (χ0) is 22.2. The Morgan fingerprint density at radius 3 is 2.55 bits per heavy atom. The van der Waals surface area contributed by atoms with E-state index in [4.69, 9.17) is 21.1 Å². The molecule has 0 saturated carbocycles. The Bertz CT molecular complexity index is 901. The maximum Gasteiger partial charge on any atom is 0.242 e. The van der Waals surface area contributed by atoms with Gasteiger partial charge in [0.15, 0.2) is 11.5 Å². The first-order valence-corrected chi connectivity index (χ1v) is 11.1. The van der Waals surface area contributed by atoms with Gasteiger partial charge >= 0.3 is 0 Å². The molecule has 1 heterocycles. The molecule has 0 aliphatic carbocycles. The standard InChI is InChI=1S/C24H29ClN2O4/c1-3-4-13-26-24(29)17(2)27(15-19-5-9-20(25)10-6-19)23(28)12-8-18-7-11-21-22(14-18)31-16-30-21/h5-7,9-11,14,17H,3-4,8,12-13,15-16H2,1-2H3,(H,26,29)/t17-/m0/s1. The lowest BCUT2D eigenvalue weighted by Crippen LogP contribution is -2.47. The Morgan fingerprint density at radius 1 is 1.10 bits per heavy atom. The molecule has 0 aromatic heterocycles. The van der Waals surface area contributed by atoms with Gasteiger partial charge < -0.3 is 19.7 Å². The minimum Gasteiger partial charge on any atom is -0.454 e. The van der Waals surface area contributed by atoms with Crippen molar-refractivity contribution in [2.24, 2.45) is 0 Å². The average molecular weight is 445 g/mol. The zero-order valence-corrected chi connectivity index (χ0v) is 18.8. The number of nitrogens with zero attached hydrogens (tertiary/aromatic N) is 1. The monoisotopic (exact) mass is 444 g/mol. The average Bonchev–Trinajstić information content (AvgIpc) is 3.24. The van der Waals surface area contributed by atoms with E-state index >= 15 is 0 Å². The summed E-state index contributed by atoms with van der Waals surface area (Å²) in [6.45, 7) is 5.02. The molecule has 2 amide bonds. The summed E-state index contributed by atoms with van der Waals surface area (Å²) < 4.78 is 10.8. The van der Waals surface area contributed by atoms with Crippen molar-refractivity contribution in [3.05, 3.63) is 58.6 Å². The summed E-state index contributed by atoms with van der Waals surface area (Å²) in [6, 6.07) is 12.5. The van der Waals surface area contributed by atoms with Gasteiger partial charge in [0.2, 0.25) is 18.6 Å². The maximum absolute atomic E-state index is 13.2. The molecule has 3 rings (SSSR count). The molecule has 0 saturated heterocycles. The van der Waals surface area contributed by atoms with Crippen LogP contribution in [0.1, 0.15) is 44.2 Å². The number of carbonyl (C=O) groups is 2. The first-order valence-electron chi connectivity index (χ1n) is 10.7. The third-order valence-corrected chi connectivity index (χ3v) is 5.58. The number of nitrogens with one attached hydrogen (secondary N) is 1. The quantitative estimate of drug-likeness (QED) is 0.553. The number of hydrogen-bond donors (Lipinski definition) is 1. The summed E-state index contributed by atoms with van der Waals surface area (Å²) in [5, 5.41) is 3.57. The highest BCUT2D eigenvalue weighted by atomic mass is 35.5. The van der Waals surface area contributed by atoms with Gasteiger partial charge in [-0.05, 0) is 55.2 Å². The second-order valence-electron chi connectivity index (χ2n) is 7.66. The van der Waals surface area contributed by atoms with Gasteiger partial charge in [0.1, 0.15) is 6.04 Å². The lowest BCUT2D eigenvalue weighted by atomic mass is 10.1. The Kier molecular flexibility index (Phi) is 8.18. The number of amides is 2. The van der Waals surface area contributed by atoms with E-state index in [0.717, 1.165) is 29.7 Å². The molecular weight excluding hydrogens is 416 g/mol. The minimum absolute atomic E-state index is 0.0780. The minimum atomic E-state index is -0.572. The largest absolute Gasteiger partial charge is 0.454 e. The van der Waals surface area contributed by atoms with E-state index in [9.17, 15) is 9.59 Å². The summed E-state index contributed by atoms with van der Waals surface area (Å²) >= 11 is 5.99. The van der Waals surface area contributed by atoms with E-state index in [1.165, 1.54) is 0 Å². The molecule has 31 heavy (non-hydrogen) atoms. The summed E-state index contributed by atoms with van der Waals surface area (Å²) in [6.07, 6.45) is 2.75. The van der Waals surface area contributed by atoms with Gasteiger partial charge in [-0.25, -0.2) is 0 Å². The van der Waals surface area contributed by atoms with Crippen LogP contribution in [0.5, 0.6) is 11.5 Å². The third-order valence-electron chi connectivity index (χ3n) is 5.33. The molecule has 1 aliphatic heterocycles. The van der Waals surface area contributed by atoms with Crippen molar-refractivity contribution in [2.75, 3.05) is 13.3 Å². The van der Waals surface area contributed by atoms with Crippen LogP contribution in [0.25, 0.3) is 0 Å². The number of benzene rings is 2. The van der Waals surface area contributed by atoms with Crippen molar-refractivity contribution in [3.63, 3.8) is 0 Å². The number of carbonyl (C=O) groups excluding carboxylic acids is 2. The number of aryl methyl sites for hydroxylation is 1. The second-order valence-corrected chi connectivity index (χ2v) is 8.09. The Labute approximate surface area is 188 Å². The third kappa shape index (κ3) is 6.37. The summed E-state index contributed by atoms with van der Waals surface area (Å²) in [5.41, 5.74) is 1.91. The van der Waals surface area contributed by atoms with Gasteiger partial charge in [-0.15, -0.1) is 0 Å². The first-order chi connectivity index (χ1) is 15.0. The fraction of sp³-hybridized carbons (Fsp3) is 0.417. The maximum atomic E-state index is 13.2. The van der Waals surface area contributed by atoms with Gasteiger partial charge in [-0.3, -0.25) is 9.59 Å². The highest BCUT2D eigenvalue weighted by Gasteiger charge is 2.26. The number of unbranched alkanes of at least 4 members (excludes halogenated alkanes) is 1. The van der Waals surface area contributed by atoms with Crippen molar-refractivity contribution >= 4 is 23.4 Å². The van der Waals surface area contributed by atoms with E-state index < -0.39 is 6.04 Å². The molecule has 1 N–H and O–H groups in total. The van der Waals surface area contributed by atoms with Gasteiger partial charge in [0, 0.05) is 24.5 Å². The molecule has 2 aromatic rings. The van der Waals surface area contributed by atoms with Crippen molar-refractivity contribution < 1.29 is 19.1 Å². The van der Waals surface area contributed by atoms with E-state index in [1.54, 1.807) is 24.0 Å². The van der Waals surface area contributed by atoms with E-state index in [0.29, 0.717) is 36.7 Å². The van der Waals surface area contributed by atoms with Crippen molar-refractivity contribution in [1.82, 2.24) is 10.2 Å². The highest BCUT2D eigenvalue weighted by molar-refractivity contribution is 6.30. The normalized spacial score (nSPS) is 13.0. The summed E-state index contributed by atoms with van der Waals surface area (Å²) in [5.74, 6) is 1.20. The number of fused-ring (bicyclic) bond motifs is 1. The van der Waals surface area contributed by atoms with Crippen LogP contribution in [0.15, 0.2) is 42.5 Å². The van der Waals surface area contributed by atoms with Crippen molar-refractivity contribution in [2.45, 2.75) is 52.1 Å². The van der Waals surface area contributed by atoms with Gasteiger partial charge in [-0.1, -0.05) is 43.1 Å². The zero-order valence-electron chi connectivity index (χ0n) is 18.0. The van der Waals surface area contributed by atoms with Crippen LogP contribution >= 0.6 is 11.6 Å². The topological polar surface area (TPSA) is 67.9 Å². The van der Waals surface area contributed by atoms with Crippen LogP contribution in [-0.4, -0.2) is 36.1 Å². The molecule has 7 heteroatoms.